The van der Waals surface area contributed by atoms with Crippen molar-refractivity contribution < 1.29 is 9.53 Å². The van der Waals surface area contributed by atoms with Crippen LogP contribution in [0.15, 0.2) is 0 Å². The minimum Gasteiger partial charge on any atom is -0.361 e. The molecule has 1 heterocycles. The summed E-state index contributed by atoms with van der Waals surface area (Å²) in [4.78, 5) is 11.2. The first-order valence-electron chi connectivity index (χ1n) is 4.27. The molecule has 0 bridgehead atoms. The lowest BCUT2D eigenvalue weighted by atomic mass is 9.85. The second-order valence-corrected chi connectivity index (χ2v) is 4.43. The second kappa shape index (κ2) is 2.07. The molecular formula is C9H14O2. The molecule has 0 aromatic heterocycles. The Morgan fingerprint density at radius 1 is 1.55 bits per heavy atom. The van der Waals surface area contributed by atoms with Crippen LogP contribution in [0.2, 0.25) is 0 Å². The molecule has 1 saturated carbocycles. The number of ketones is 1. The number of ether oxygens (including phenoxy) is 1. The summed E-state index contributed by atoms with van der Waals surface area (Å²) in [5.74, 6) is 0.320. The average Bonchev–Trinajstić information content (AvgIpc) is 2.60. The first kappa shape index (κ1) is 7.29. The van der Waals surface area contributed by atoms with Crippen molar-refractivity contribution in [3.05, 3.63) is 0 Å². The predicted octanol–water partition coefficient (Wildman–Crippen LogP) is 1.53. The van der Waals surface area contributed by atoms with Crippen molar-refractivity contribution in [2.45, 2.75) is 45.3 Å². The topological polar surface area (TPSA) is 29.6 Å². The van der Waals surface area contributed by atoms with Gasteiger partial charge in [-0.1, -0.05) is 13.8 Å². The largest absolute Gasteiger partial charge is 0.361 e. The van der Waals surface area contributed by atoms with E-state index in [1.54, 1.807) is 0 Å². The normalized spacial score (nSPS) is 41.1. The molecule has 1 aliphatic heterocycles. The van der Waals surface area contributed by atoms with Crippen LogP contribution >= 0.6 is 0 Å². The quantitative estimate of drug-likeness (QED) is 0.495. The minimum atomic E-state index is -0.0169. The maximum atomic E-state index is 11.2. The smallest absolute Gasteiger partial charge is 0.164 e. The fourth-order valence-electron chi connectivity index (χ4n) is 1.83. The van der Waals surface area contributed by atoms with Crippen molar-refractivity contribution in [1.82, 2.24) is 0 Å². The monoisotopic (exact) mass is 154 g/mol. The van der Waals surface area contributed by atoms with Gasteiger partial charge in [-0.25, -0.2) is 0 Å². The Hall–Kier alpha value is -0.370. The van der Waals surface area contributed by atoms with Crippen LogP contribution in [-0.2, 0) is 9.53 Å². The maximum Gasteiger partial charge on any atom is 0.164 e. The highest BCUT2D eigenvalue weighted by molar-refractivity contribution is 5.86. The summed E-state index contributed by atoms with van der Waals surface area (Å²) in [5.41, 5.74) is 0.311. The molecule has 11 heavy (non-hydrogen) atoms. The van der Waals surface area contributed by atoms with Crippen LogP contribution in [0, 0.1) is 5.41 Å². The standard InChI is InChI=1S/C9H14O2/c1-9(2)4-3-6(10)8-7(5-9)11-8/h7-8H,3-5H2,1-2H3. The lowest BCUT2D eigenvalue weighted by molar-refractivity contribution is -0.120. The fourth-order valence-corrected chi connectivity index (χ4v) is 1.83. The molecule has 1 aliphatic carbocycles. The zero-order chi connectivity index (χ0) is 8.06. The van der Waals surface area contributed by atoms with Crippen molar-refractivity contribution in [1.29, 1.82) is 0 Å². The third-order valence-corrected chi connectivity index (χ3v) is 2.70. The van der Waals surface area contributed by atoms with Gasteiger partial charge < -0.3 is 4.74 Å². The Balaban J connectivity index is 2.10. The molecule has 2 atom stereocenters. The van der Waals surface area contributed by atoms with E-state index < -0.39 is 0 Å². The van der Waals surface area contributed by atoms with Crippen LogP contribution in [0.25, 0.3) is 0 Å². The lowest BCUT2D eigenvalue weighted by Gasteiger charge is -2.21. The maximum absolute atomic E-state index is 11.2. The summed E-state index contributed by atoms with van der Waals surface area (Å²) in [6, 6.07) is 0. The third kappa shape index (κ3) is 1.32. The number of epoxide rings is 1. The molecule has 0 aromatic carbocycles. The van der Waals surface area contributed by atoms with Crippen molar-refractivity contribution in [3.63, 3.8) is 0 Å². The summed E-state index contributed by atoms with van der Waals surface area (Å²) in [7, 11) is 0. The van der Waals surface area contributed by atoms with Crippen LogP contribution in [0.3, 0.4) is 0 Å². The molecule has 2 aliphatic rings. The van der Waals surface area contributed by atoms with E-state index >= 15 is 0 Å². The van der Waals surface area contributed by atoms with E-state index in [1.165, 1.54) is 0 Å². The van der Waals surface area contributed by atoms with E-state index in [4.69, 9.17) is 4.74 Å². The van der Waals surface area contributed by atoms with Crippen LogP contribution in [-0.4, -0.2) is 18.0 Å². The second-order valence-electron chi connectivity index (χ2n) is 4.43. The van der Waals surface area contributed by atoms with Crippen molar-refractivity contribution in [2.75, 3.05) is 0 Å². The number of carbonyl (C=O) groups excluding carboxylic acids is 1. The van der Waals surface area contributed by atoms with Crippen LogP contribution in [0.4, 0.5) is 0 Å². The van der Waals surface area contributed by atoms with Gasteiger partial charge in [0.2, 0.25) is 0 Å². The number of rotatable bonds is 0. The summed E-state index contributed by atoms with van der Waals surface area (Å²) >= 11 is 0. The fraction of sp³-hybridized carbons (Fsp3) is 0.889. The number of hydrogen-bond donors (Lipinski definition) is 0. The van der Waals surface area contributed by atoms with E-state index in [1.807, 2.05) is 0 Å². The summed E-state index contributed by atoms with van der Waals surface area (Å²) in [5, 5.41) is 0. The van der Waals surface area contributed by atoms with Gasteiger partial charge in [-0.2, -0.15) is 0 Å². The van der Waals surface area contributed by atoms with Gasteiger partial charge in [0.05, 0.1) is 6.10 Å². The molecule has 0 N–H and O–H groups in total. The zero-order valence-electron chi connectivity index (χ0n) is 7.09. The number of Topliss-reactive ketones (excluding diaryl/α,β-unsaturated/α-hetero) is 1. The van der Waals surface area contributed by atoms with Gasteiger partial charge in [0.15, 0.2) is 5.78 Å². The highest BCUT2D eigenvalue weighted by atomic mass is 16.6. The predicted molar refractivity (Wildman–Crippen MR) is 41.3 cm³/mol. The number of carbonyl (C=O) groups is 1. The van der Waals surface area contributed by atoms with Crippen LogP contribution in [0.1, 0.15) is 33.1 Å². The summed E-state index contributed by atoms with van der Waals surface area (Å²) in [6.45, 7) is 4.43. The molecule has 2 rings (SSSR count). The molecule has 0 spiro atoms. The van der Waals surface area contributed by atoms with Gasteiger partial charge in [-0.3, -0.25) is 4.79 Å². The van der Waals surface area contributed by atoms with E-state index in [0.29, 0.717) is 17.6 Å². The Morgan fingerprint density at radius 3 is 3.00 bits per heavy atom. The van der Waals surface area contributed by atoms with E-state index in [9.17, 15) is 4.79 Å². The Bertz CT molecular complexity index is 196. The van der Waals surface area contributed by atoms with E-state index in [2.05, 4.69) is 13.8 Å². The van der Waals surface area contributed by atoms with Gasteiger partial charge in [0, 0.05) is 6.42 Å². The highest BCUT2D eigenvalue weighted by Gasteiger charge is 2.49. The molecule has 2 unspecified atom stereocenters. The number of hydrogen-bond acceptors (Lipinski definition) is 2. The summed E-state index contributed by atoms with van der Waals surface area (Å²) in [6.07, 6.45) is 3.05. The van der Waals surface area contributed by atoms with Crippen molar-refractivity contribution in [3.8, 4) is 0 Å². The van der Waals surface area contributed by atoms with Gasteiger partial charge in [0.25, 0.3) is 0 Å². The van der Waals surface area contributed by atoms with Crippen molar-refractivity contribution in [2.24, 2.45) is 5.41 Å². The van der Waals surface area contributed by atoms with Crippen LogP contribution < -0.4 is 0 Å². The van der Waals surface area contributed by atoms with Gasteiger partial charge in [0.1, 0.15) is 6.10 Å². The Kier molecular flexibility index (Phi) is 1.37. The van der Waals surface area contributed by atoms with E-state index in [0.717, 1.165) is 12.8 Å². The molecule has 0 amide bonds. The highest BCUT2D eigenvalue weighted by Crippen LogP contribution is 2.41. The van der Waals surface area contributed by atoms with Gasteiger partial charge in [-0.15, -0.1) is 0 Å². The molecule has 2 heteroatoms. The van der Waals surface area contributed by atoms with Gasteiger partial charge >= 0.3 is 0 Å². The average molecular weight is 154 g/mol. The number of fused-ring (bicyclic) bond motifs is 1. The van der Waals surface area contributed by atoms with Crippen molar-refractivity contribution >= 4 is 5.78 Å². The molecule has 0 radical (unpaired) electrons. The molecule has 2 fully saturated rings. The molecule has 62 valence electrons. The molecule has 2 nitrogen and oxygen atoms in total. The molecule has 1 saturated heterocycles. The summed E-state index contributed by atoms with van der Waals surface area (Å²) < 4.78 is 5.26. The molecular weight excluding hydrogens is 140 g/mol. The van der Waals surface area contributed by atoms with E-state index in [-0.39, 0.29) is 12.2 Å². The first-order chi connectivity index (χ1) is 5.08. The zero-order valence-corrected chi connectivity index (χ0v) is 7.09. The minimum absolute atomic E-state index is 0.0169. The Morgan fingerprint density at radius 2 is 2.27 bits per heavy atom. The Labute approximate surface area is 66.9 Å². The van der Waals surface area contributed by atoms with Crippen LogP contribution in [0.5, 0.6) is 0 Å². The molecule has 0 aromatic rings. The SMILES string of the molecule is CC1(C)CCC(=O)C2OC2C1. The lowest BCUT2D eigenvalue weighted by Crippen LogP contribution is -2.12. The first-order valence-corrected chi connectivity index (χ1v) is 4.27. The third-order valence-electron chi connectivity index (χ3n) is 2.70. The van der Waals surface area contributed by atoms with Gasteiger partial charge in [-0.05, 0) is 18.3 Å².